The minimum absolute atomic E-state index is 0.0509. The van der Waals surface area contributed by atoms with Gasteiger partial charge in [0.25, 0.3) is 0 Å². The largest absolute Gasteiger partial charge is 0.444 e. The zero-order valence-corrected chi connectivity index (χ0v) is 39.2. The quantitative estimate of drug-likeness (QED) is 0.113. The van der Waals surface area contributed by atoms with Crippen LogP contribution in [-0.4, -0.2) is 114 Å². The molecule has 20 nitrogen and oxygen atoms in total. The van der Waals surface area contributed by atoms with Crippen LogP contribution in [0.25, 0.3) is 11.3 Å². The van der Waals surface area contributed by atoms with E-state index in [1.165, 1.54) is 0 Å². The molecule has 21 heteroatoms. The van der Waals surface area contributed by atoms with E-state index < -0.39 is 46.8 Å². The Morgan fingerprint density at radius 3 is 1.51 bits per heavy atom. The van der Waals surface area contributed by atoms with Crippen LogP contribution in [0.5, 0.6) is 0 Å². The maximum absolute atomic E-state index is 12.3. The smallest absolute Gasteiger partial charge is 0.413 e. The van der Waals surface area contributed by atoms with Crippen LogP contribution < -0.4 is 31.1 Å². The van der Waals surface area contributed by atoms with Crippen molar-refractivity contribution in [3.05, 3.63) is 34.2 Å². The third kappa shape index (κ3) is 14.1. The first-order valence-corrected chi connectivity index (χ1v) is 21.2. The molecule has 0 radical (unpaired) electrons. The molecule has 4 amide bonds. The third-order valence-corrected chi connectivity index (χ3v) is 9.25. The number of rotatable bonds is 6. The second-order valence-electron chi connectivity index (χ2n) is 18.7. The second-order valence-corrected chi connectivity index (χ2v) is 19.9. The molecule has 6 rings (SSSR count). The predicted octanol–water partition coefficient (Wildman–Crippen LogP) is 6.96. The lowest BCUT2D eigenvalue weighted by molar-refractivity contribution is 0.0497. The minimum atomic E-state index is -0.618. The van der Waals surface area contributed by atoms with Gasteiger partial charge in [-0.3, -0.25) is 10.6 Å². The molecule has 4 aromatic heterocycles. The molecule has 4 aromatic rings. The molecule has 0 aliphatic carbocycles. The van der Waals surface area contributed by atoms with Gasteiger partial charge in [0.2, 0.25) is 0 Å². The highest BCUT2D eigenvalue weighted by atomic mass is 127. The summed E-state index contributed by atoms with van der Waals surface area (Å²) in [6.45, 7) is 24.4. The van der Waals surface area contributed by atoms with E-state index in [9.17, 15) is 19.2 Å². The number of fused-ring (bicyclic) bond motifs is 2. The fraction of sp³-hybridized carbons (Fsp3) is 0.600. The average Bonchev–Trinajstić information content (AvgIpc) is 3.90. The summed E-state index contributed by atoms with van der Waals surface area (Å²) < 4.78 is 25.4. The SMILES string of the molecule is CC(C)(C)OC(=O)Nc1cc(N2CC[C@H](NC(=O)OC(C)(C)C)C2)nc2c(I)cnn12.CC(C)(C)OC(=O)Nc1cc(N2CC[C@H](NC(=O)OC(C)(C)C)C2)nc2ccnn12. The summed E-state index contributed by atoms with van der Waals surface area (Å²) in [4.78, 5) is 62.2. The molecule has 2 atom stereocenters. The van der Waals surface area contributed by atoms with Crippen LogP contribution in [0.3, 0.4) is 0 Å². The zero-order valence-electron chi connectivity index (χ0n) is 37.0. The average molecular weight is 963 g/mol. The van der Waals surface area contributed by atoms with Crippen LogP contribution in [0.1, 0.15) is 95.9 Å². The van der Waals surface area contributed by atoms with E-state index in [1.54, 1.807) is 81.2 Å². The summed E-state index contributed by atoms with van der Waals surface area (Å²) in [5, 5.41) is 19.8. The number of anilines is 4. The summed E-state index contributed by atoms with van der Waals surface area (Å²) in [6, 6.07) is 5.16. The molecule has 61 heavy (non-hydrogen) atoms. The summed E-state index contributed by atoms with van der Waals surface area (Å²) in [6.07, 6.45) is 2.83. The van der Waals surface area contributed by atoms with Gasteiger partial charge in [0.15, 0.2) is 11.3 Å². The number of nitrogens with zero attached hydrogens (tertiary/aromatic N) is 8. The molecule has 2 fully saturated rings. The number of hydrogen-bond acceptors (Lipinski definition) is 14. The molecule has 0 unspecified atom stereocenters. The number of ether oxygens (including phenoxy) is 4. The van der Waals surface area contributed by atoms with E-state index >= 15 is 0 Å². The highest BCUT2D eigenvalue weighted by Gasteiger charge is 2.30. The molecule has 0 aromatic carbocycles. The maximum atomic E-state index is 12.3. The van der Waals surface area contributed by atoms with Crippen LogP contribution in [-0.2, 0) is 18.9 Å². The van der Waals surface area contributed by atoms with Gasteiger partial charge in [-0.05, 0) is 119 Å². The molecule has 2 aliphatic rings. The second kappa shape index (κ2) is 18.3. The maximum Gasteiger partial charge on any atom is 0.413 e. The van der Waals surface area contributed by atoms with Gasteiger partial charge in [-0.15, -0.1) is 0 Å². The highest BCUT2D eigenvalue weighted by molar-refractivity contribution is 14.1. The summed E-state index contributed by atoms with van der Waals surface area (Å²) in [7, 11) is 0. The minimum Gasteiger partial charge on any atom is -0.444 e. The van der Waals surface area contributed by atoms with Crippen LogP contribution in [0.2, 0.25) is 0 Å². The van der Waals surface area contributed by atoms with Crippen molar-refractivity contribution in [1.82, 2.24) is 39.8 Å². The van der Waals surface area contributed by atoms with Crippen LogP contribution in [0, 0.1) is 3.57 Å². The molecule has 0 saturated carbocycles. The molecule has 0 bridgehead atoms. The number of aromatic nitrogens is 6. The first-order chi connectivity index (χ1) is 28.2. The number of hydrogen-bond donors (Lipinski definition) is 4. The van der Waals surface area contributed by atoms with E-state index in [2.05, 4.69) is 68.8 Å². The van der Waals surface area contributed by atoms with Gasteiger partial charge in [-0.1, -0.05) is 0 Å². The monoisotopic (exact) mass is 962 g/mol. The number of amides is 4. The normalized spacial score (nSPS) is 17.1. The lowest BCUT2D eigenvalue weighted by Crippen LogP contribution is -2.40. The van der Waals surface area contributed by atoms with E-state index in [1.807, 2.05) is 41.5 Å². The lowest BCUT2D eigenvalue weighted by atomic mass is 10.2. The van der Waals surface area contributed by atoms with Crippen molar-refractivity contribution in [2.45, 2.75) is 130 Å². The van der Waals surface area contributed by atoms with Crippen molar-refractivity contribution in [3.63, 3.8) is 0 Å². The number of nitrogens with one attached hydrogen (secondary N) is 4. The molecular weight excluding hydrogens is 903 g/mol. The van der Waals surface area contributed by atoms with Gasteiger partial charge < -0.3 is 39.4 Å². The Kier molecular flexibility index (Phi) is 14.0. The van der Waals surface area contributed by atoms with Crippen LogP contribution >= 0.6 is 22.6 Å². The number of carbonyl (C=O) groups is 4. The molecule has 0 spiro atoms. The zero-order chi connectivity index (χ0) is 45.1. The van der Waals surface area contributed by atoms with Gasteiger partial charge in [0, 0.05) is 44.4 Å². The molecule has 334 valence electrons. The summed E-state index contributed by atoms with van der Waals surface area (Å²) in [5.74, 6) is 2.28. The molecule has 4 N–H and O–H groups in total. The van der Waals surface area contributed by atoms with Gasteiger partial charge in [0.05, 0.1) is 28.0 Å². The van der Waals surface area contributed by atoms with Crippen molar-refractivity contribution < 1.29 is 38.1 Å². The number of halogens is 1. The lowest BCUT2D eigenvalue weighted by Gasteiger charge is -2.23. The number of carbonyl (C=O) groups excluding carboxylic acids is 4. The fourth-order valence-corrected chi connectivity index (χ4v) is 6.74. The van der Waals surface area contributed by atoms with Crippen LogP contribution in [0.15, 0.2) is 30.6 Å². The van der Waals surface area contributed by atoms with Gasteiger partial charge in [-0.2, -0.15) is 19.2 Å². The Bertz CT molecular complexity index is 2220. The van der Waals surface area contributed by atoms with Crippen LogP contribution in [0.4, 0.5) is 42.4 Å². The molecular formula is C40H59IN12O8. The topological polar surface area (TPSA) is 220 Å². The third-order valence-electron chi connectivity index (χ3n) is 8.49. The molecule has 6 heterocycles. The Labute approximate surface area is 369 Å². The van der Waals surface area contributed by atoms with Crippen molar-refractivity contribution in [3.8, 4) is 0 Å². The Balaban J connectivity index is 0.000000231. The van der Waals surface area contributed by atoms with Gasteiger partial charge in [0.1, 0.15) is 45.7 Å². The summed E-state index contributed by atoms with van der Waals surface area (Å²) >= 11 is 2.16. The van der Waals surface area contributed by atoms with E-state index in [0.29, 0.717) is 60.7 Å². The Morgan fingerprint density at radius 2 is 1.05 bits per heavy atom. The number of alkyl carbamates (subject to hydrolysis) is 2. The van der Waals surface area contributed by atoms with Crippen molar-refractivity contribution in [1.29, 1.82) is 0 Å². The van der Waals surface area contributed by atoms with Gasteiger partial charge >= 0.3 is 24.4 Å². The van der Waals surface area contributed by atoms with E-state index in [4.69, 9.17) is 23.9 Å². The summed E-state index contributed by atoms with van der Waals surface area (Å²) in [5.41, 5.74) is -1.09. The standard InChI is InChI=1S/C20H29IN6O4.C20H30N6O4/c1-19(2,3)30-17(28)23-12-7-8-26(11-12)14-9-15(25-18(29)31-20(4,5)6)27-16(24-14)13(21)10-22-27;1-19(2,3)29-17(27)22-13-8-10-25(12-13)15-11-16(24-18(28)30-20(4,5)6)26-14(23-15)7-9-21-26/h9-10,12H,7-8,11H2,1-6H3,(H,23,28)(H,25,29);7,9,11,13H,8,10,12H2,1-6H3,(H,22,27)(H,24,28)/t12-;13-/m00/s1. The van der Waals surface area contributed by atoms with Crippen molar-refractivity contribution >= 4 is 81.5 Å². The van der Waals surface area contributed by atoms with Gasteiger partial charge in [-0.25, -0.2) is 29.1 Å². The van der Waals surface area contributed by atoms with Crippen molar-refractivity contribution in [2.75, 3.05) is 46.6 Å². The van der Waals surface area contributed by atoms with E-state index in [-0.39, 0.29) is 12.1 Å². The Hall–Kier alpha value is -5.35. The highest BCUT2D eigenvalue weighted by Crippen LogP contribution is 2.27. The van der Waals surface area contributed by atoms with E-state index in [0.717, 1.165) is 16.4 Å². The predicted molar refractivity (Wildman–Crippen MR) is 238 cm³/mol. The molecule has 2 saturated heterocycles. The van der Waals surface area contributed by atoms with Crippen molar-refractivity contribution in [2.24, 2.45) is 0 Å². The fourth-order valence-electron chi connectivity index (χ4n) is 6.26. The molecule has 2 aliphatic heterocycles. The first-order valence-electron chi connectivity index (χ1n) is 20.1. The Morgan fingerprint density at radius 1 is 0.623 bits per heavy atom. The first kappa shape index (κ1) is 46.7.